The number of esters is 3. The average molecular weight is 737 g/mol. The number of amides is 4. The summed E-state index contributed by atoms with van der Waals surface area (Å²) in [6.45, 7) is 3.35. The number of benzene rings is 1. The molecule has 4 N–H and O–H groups in total. The second kappa shape index (κ2) is 21.5. The summed E-state index contributed by atoms with van der Waals surface area (Å²) in [6, 6.07) is 0.325. The summed E-state index contributed by atoms with van der Waals surface area (Å²) in [4.78, 5) is 88.0. The van der Waals surface area contributed by atoms with Gasteiger partial charge in [-0.05, 0) is 30.0 Å². The van der Waals surface area contributed by atoms with Crippen LogP contribution >= 0.6 is 11.8 Å². The Morgan fingerprint density at radius 2 is 1.34 bits per heavy atom. The van der Waals surface area contributed by atoms with Crippen molar-refractivity contribution >= 4 is 53.3 Å². The van der Waals surface area contributed by atoms with Crippen molar-refractivity contribution in [1.29, 1.82) is 0 Å². The minimum atomic E-state index is -5.35. The van der Waals surface area contributed by atoms with Gasteiger partial charge in [-0.2, -0.15) is 13.2 Å². The number of thioether (sulfide) groups is 1. The van der Waals surface area contributed by atoms with Crippen LogP contribution in [0.3, 0.4) is 0 Å². The van der Waals surface area contributed by atoms with E-state index in [0.29, 0.717) is 29.5 Å². The van der Waals surface area contributed by atoms with Crippen molar-refractivity contribution < 1.29 is 65.7 Å². The molecule has 280 valence electrons. The van der Waals surface area contributed by atoms with Crippen molar-refractivity contribution in [3.8, 4) is 5.75 Å². The molecule has 19 heteroatoms. The predicted octanol–water partition coefficient (Wildman–Crippen LogP) is 0.818. The molecule has 0 aliphatic carbocycles. The van der Waals surface area contributed by atoms with E-state index in [1.807, 2.05) is 0 Å². The summed E-state index contributed by atoms with van der Waals surface area (Å²) < 4.78 is 58.3. The van der Waals surface area contributed by atoms with Crippen molar-refractivity contribution in [2.24, 2.45) is 5.92 Å². The van der Waals surface area contributed by atoms with Crippen molar-refractivity contribution in [1.82, 2.24) is 21.3 Å². The van der Waals surface area contributed by atoms with Gasteiger partial charge in [0.2, 0.25) is 17.7 Å². The highest BCUT2D eigenvalue weighted by Gasteiger charge is 2.41. The number of methoxy groups -OCH3 is 4. The van der Waals surface area contributed by atoms with Gasteiger partial charge in [-0.3, -0.25) is 28.8 Å². The van der Waals surface area contributed by atoms with Crippen LogP contribution in [0.25, 0.3) is 0 Å². The fourth-order valence-corrected chi connectivity index (χ4v) is 5.07. The predicted molar refractivity (Wildman–Crippen MR) is 173 cm³/mol. The van der Waals surface area contributed by atoms with Crippen molar-refractivity contribution in [2.75, 3.05) is 39.9 Å². The van der Waals surface area contributed by atoms with E-state index in [9.17, 15) is 46.7 Å². The van der Waals surface area contributed by atoms with Gasteiger partial charge >= 0.3 is 30.0 Å². The first-order valence-corrected chi connectivity index (χ1v) is 16.4. The van der Waals surface area contributed by atoms with Crippen LogP contribution in [0.2, 0.25) is 0 Å². The minimum Gasteiger partial charge on any atom is -0.497 e. The van der Waals surface area contributed by atoms with Gasteiger partial charge in [-0.25, -0.2) is 4.79 Å². The zero-order chi connectivity index (χ0) is 38.0. The number of halogens is 3. The molecule has 15 nitrogen and oxygen atoms in total. The molecule has 0 spiro atoms. The van der Waals surface area contributed by atoms with Gasteiger partial charge in [0.05, 0.1) is 34.2 Å². The molecular formula is C31H43F3N4O11S. The molecule has 0 aliphatic rings. The molecule has 0 radical (unpaired) electrons. The van der Waals surface area contributed by atoms with Gasteiger partial charge in [0.25, 0.3) is 0 Å². The van der Waals surface area contributed by atoms with Gasteiger partial charge in [0, 0.05) is 18.6 Å². The zero-order valence-corrected chi connectivity index (χ0v) is 29.3. The Morgan fingerprint density at radius 1 is 0.760 bits per heavy atom. The maximum Gasteiger partial charge on any atom is 0.471 e. The van der Waals surface area contributed by atoms with E-state index in [-0.39, 0.29) is 25.0 Å². The minimum absolute atomic E-state index is 0.179. The van der Waals surface area contributed by atoms with E-state index >= 15 is 0 Å². The highest BCUT2D eigenvalue weighted by Crippen LogP contribution is 2.17. The molecule has 50 heavy (non-hydrogen) atoms. The van der Waals surface area contributed by atoms with Crippen molar-refractivity contribution in [3.63, 3.8) is 0 Å². The normalized spacial score (nSPS) is 14.0. The topological polar surface area (TPSA) is 205 Å². The fourth-order valence-electron chi connectivity index (χ4n) is 4.19. The third kappa shape index (κ3) is 14.9. The molecule has 0 unspecified atom stereocenters. The number of hydrogen-bond acceptors (Lipinski definition) is 12. The van der Waals surface area contributed by atoms with Crippen molar-refractivity contribution in [3.05, 3.63) is 29.8 Å². The molecule has 1 aromatic carbocycles. The summed E-state index contributed by atoms with van der Waals surface area (Å²) in [5.74, 6) is -8.54. The molecule has 1 rings (SSSR count). The first-order valence-electron chi connectivity index (χ1n) is 15.2. The Kier molecular flexibility index (Phi) is 18.7. The monoisotopic (exact) mass is 736 g/mol. The van der Waals surface area contributed by atoms with Gasteiger partial charge in [0.15, 0.2) is 0 Å². The van der Waals surface area contributed by atoms with E-state index in [1.54, 1.807) is 43.4 Å². The Bertz CT molecular complexity index is 1330. The van der Waals surface area contributed by atoms with E-state index in [2.05, 4.69) is 25.4 Å². The Labute approximate surface area is 291 Å². The van der Waals surface area contributed by atoms with Crippen LogP contribution in [0.15, 0.2) is 24.3 Å². The molecule has 5 atom stereocenters. The standard InChI is InChI=1S/C31H43F3N4O11S/c1-7-17(2)25(28(43)35-20(29(44)49-6)12-13-23(39)47-4)38-26(41)21(14-18-8-10-19(46-3)11-9-18)36-27(42)22(15-50-16-24(40)48-5)37-30(45)31(32,33)34/h8-11,17,20-22,25H,7,12-16H2,1-6H3,(H,35,43)(H,36,42)(H,37,45)(H,38,41)/t17-,20-,21-,22-,25-/m0/s1. The number of alkyl halides is 3. The molecule has 4 amide bonds. The number of nitrogens with one attached hydrogen (secondary N) is 4. The lowest BCUT2D eigenvalue weighted by molar-refractivity contribution is -0.174. The summed E-state index contributed by atoms with van der Waals surface area (Å²) in [7, 11) is 4.75. The first-order chi connectivity index (χ1) is 23.5. The number of carbonyl (C=O) groups excluding carboxylic acids is 7. The number of hydrogen-bond donors (Lipinski definition) is 4. The molecule has 0 saturated carbocycles. The van der Waals surface area contributed by atoms with Crippen molar-refractivity contribution in [2.45, 2.75) is 69.9 Å². The quantitative estimate of drug-likeness (QED) is 0.109. The van der Waals surface area contributed by atoms with Crippen LogP contribution in [-0.4, -0.2) is 112 Å². The Morgan fingerprint density at radius 3 is 1.86 bits per heavy atom. The van der Waals surface area contributed by atoms with E-state index in [0.717, 1.165) is 21.3 Å². The number of rotatable bonds is 20. The average Bonchev–Trinajstić information content (AvgIpc) is 3.09. The van der Waals surface area contributed by atoms with E-state index < -0.39 is 83.6 Å². The molecule has 0 heterocycles. The smallest absolute Gasteiger partial charge is 0.471 e. The Hall–Kier alpha value is -4.55. The molecule has 0 aliphatic heterocycles. The van der Waals surface area contributed by atoms with Crippen LogP contribution in [0, 0.1) is 5.92 Å². The van der Waals surface area contributed by atoms with E-state index in [1.165, 1.54) is 7.11 Å². The van der Waals surface area contributed by atoms with E-state index in [4.69, 9.17) is 9.47 Å². The SMILES string of the molecule is CC[C@H](C)[C@H](NC(=O)[C@H](Cc1ccc(OC)cc1)NC(=O)[C@H](CSCC(=O)OC)NC(=O)C(F)(F)F)C(=O)N[C@@H](CCC(=O)OC)C(=O)OC. The fraction of sp³-hybridized carbons (Fsp3) is 0.581. The lowest BCUT2D eigenvalue weighted by Crippen LogP contribution is -2.60. The maximum absolute atomic E-state index is 13.8. The molecule has 0 fully saturated rings. The zero-order valence-electron chi connectivity index (χ0n) is 28.5. The van der Waals surface area contributed by atoms with Crippen LogP contribution in [0.4, 0.5) is 13.2 Å². The summed E-state index contributed by atoms with van der Waals surface area (Å²) in [5, 5.41) is 8.97. The molecule has 1 aromatic rings. The van der Waals surface area contributed by atoms with Gasteiger partial charge in [-0.15, -0.1) is 11.8 Å². The molecular weight excluding hydrogens is 693 g/mol. The number of ether oxygens (including phenoxy) is 4. The Balaban J connectivity index is 3.42. The highest BCUT2D eigenvalue weighted by atomic mass is 32.2. The van der Waals surface area contributed by atoms with Crippen LogP contribution in [-0.2, 0) is 54.2 Å². The second-order valence-electron chi connectivity index (χ2n) is 10.8. The molecule has 0 aromatic heterocycles. The van der Waals surface area contributed by atoms with Crippen LogP contribution in [0.5, 0.6) is 5.75 Å². The highest BCUT2D eigenvalue weighted by molar-refractivity contribution is 8.00. The van der Waals surface area contributed by atoms with Crippen LogP contribution in [0.1, 0.15) is 38.7 Å². The summed E-state index contributed by atoms with van der Waals surface area (Å²) >= 11 is 0.705. The number of carbonyl (C=O) groups is 7. The molecule has 0 bridgehead atoms. The lowest BCUT2D eigenvalue weighted by Gasteiger charge is -2.29. The lowest BCUT2D eigenvalue weighted by atomic mass is 9.96. The van der Waals surface area contributed by atoms with Gasteiger partial charge < -0.3 is 40.2 Å². The van der Waals surface area contributed by atoms with Gasteiger partial charge in [-0.1, -0.05) is 32.4 Å². The first kappa shape index (κ1) is 43.5. The largest absolute Gasteiger partial charge is 0.497 e. The summed E-state index contributed by atoms with van der Waals surface area (Å²) in [6.07, 6.45) is -5.64. The third-order valence-corrected chi connectivity index (χ3v) is 8.31. The van der Waals surface area contributed by atoms with Crippen LogP contribution < -0.4 is 26.0 Å². The third-order valence-electron chi connectivity index (χ3n) is 7.30. The molecule has 0 saturated heterocycles. The summed E-state index contributed by atoms with van der Waals surface area (Å²) in [5.41, 5.74) is 0.473. The second-order valence-corrected chi connectivity index (χ2v) is 11.8. The van der Waals surface area contributed by atoms with Gasteiger partial charge in [0.1, 0.15) is 29.9 Å². The maximum atomic E-state index is 13.8.